The molecule has 1 aromatic heterocycles. The van der Waals surface area contributed by atoms with Gasteiger partial charge in [-0.1, -0.05) is 22.9 Å². The molecule has 0 radical (unpaired) electrons. The van der Waals surface area contributed by atoms with E-state index >= 15 is 0 Å². The molecule has 0 amide bonds. The van der Waals surface area contributed by atoms with Crippen LogP contribution in [0.3, 0.4) is 0 Å². The number of thiol groups is 1. The summed E-state index contributed by atoms with van der Waals surface area (Å²) in [5.41, 5.74) is 1.37. The fourth-order valence-electron chi connectivity index (χ4n) is 1.65. The van der Waals surface area contributed by atoms with E-state index in [-0.39, 0.29) is 0 Å². The molecule has 0 N–H and O–H groups in total. The summed E-state index contributed by atoms with van der Waals surface area (Å²) in [5.74, 6) is 0. The molecule has 0 saturated carbocycles. The van der Waals surface area contributed by atoms with E-state index in [1.165, 1.54) is 20.5 Å². The molecule has 2 rings (SSSR count). The van der Waals surface area contributed by atoms with E-state index in [4.69, 9.17) is 0 Å². The third-order valence-electron chi connectivity index (χ3n) is 2.32. The summed E-state index contributed by atoms with van der Waals surface area (Å²) in [4.78, 5) is 2.49. The maximum atomic E-state index is 4.49. The highest BCUT2D eigenvalue weighted by atomic mass is 79.9. The van der Waals surface area contributed by atoms with Crippen molar-refractivity contribution in [2.24, 2.45) is 0 Å². The van der Waals surface area contributed by atoms with Crippen LogP contribution in [0.25, 0.3) is 10.1 Å². The molecule has 0 aliphatic rings. The highest BCUT2D eigenvalue weighted by Gasteiger charge is 2.07. The molecule has 74 valence electrons. The van der Waals surface area contributed by atoms with Gasteiger partial charge in [-0.05, 0) is 35.6 Å². The van der Waals surface area contributed by atoms with Crippen LogP contribution in [0.5, 0.6) is 0 Å². The van der Waals surface area contributed by atoms with E-state index in [1.807, 2.05) is 11.3 Å². The van der Waals surface area contributed by atoms with Crippen LogP contribution in [0.1, 0.15) is 17.4 Å². The monoisotopic (exact) mass is 286 g/mol. The molecular weight excluding hydrogens is 276 g/mol. The lowest BCUT2D eigenvalue weighted by Gasteiger charge is -2.02. The Morgan fingerprint density at radius 1 is 1.43 bits per heavy atom. The number of rotatable bonds is 2. The highest BCUT2D eigenvalue weighted by molar-refractivity contribution is 9.08. The van der Waals surface area contributed by atoms with Crippen LogP contribution in [0.2, 0.25) is 0 Å². The average molecular weight is 287 g/mol. The van der Waals surface area contributed by atoms with Crippen molar-refractivity contribution in [3.63, 3.8) is 0 Å². The van der Waals surface area contributed by atoms with Crippen molar-refractivity contribution in [3.8, 4) is 0 Å². The van der Waals surface area contributed by atoms with Gasteiger partial charge in [-0.2, -0.15) is 0 Å². The Morgan fingerprint density at radius 2 is 2.21 bits per heavy atom. The molecule has 1 aromatic carbocycles. The topological polar surface area (TPSA) is 0 Å². The summed E-state index contributed by atoms with van der Waals surface area (Å²) < 4.78 is 1.37. The van der Waals surface area contributed by atoms with Crippen LogP contribution >= 0.6 is 39.9 Å². The Balaban J connectivity index is 2.73. The maximum Gasteiger partial charge on any atom is 0.0377 e. The van der Waals surface area contributed by atoms with Gasteiger partial charge in [0.05, 0.1) is 0 Å². The number of fused-ring (bicyclic) bond motifs is 1. The second-order valence-electron chi connectivity index (χ2n) is 3.17. The minimum Gasteiger partial charge on any atom is -0.143 e. The van der Waals surface area contributed by atoms with Gasteiger partial charge >= 0.3 is 0 Å². The molecule has 0 saturated heterocycles. The summed E-state index contributed by atoms with van der Waals surface area (Å²) in [5, 5.41) is 2.32. The first-order chi connectivity index (χ1) is 6.76. The van der Waals surface area contributed by atoms with Crippen molar-refractivity contribution >= 4 is 50.0 Å². The number of benzene rings is 1. The number of halogens is 1. The predicted molar refractivity (Wildman–Crippen MR) is 71.1 cm³/mol. The Hall–Kier alpha value is 0.01000. The normalized spacial score (nSPS) is 11.1. The Kier molecular flexibility index (Phi) is 3.20. The molecular formula is C11H11BrS2. The summed E-state index contributed by atoms with van der Waals surface area (Å²) in [6.45, 7) is 2.18. The fourth-order valence-corrected chi connectivity index (χ4v) is 3.45. The van der Waals surface area contributed by atoms with E-state index in [0.717, 1.165) is 16.6 Å². The van der Waals surface area contributed by atoms with Crippen molar-refractivity contribution in [3.05, 3.63) is 28.6 Å². The van der Waals surface area contributed by atoms with E-state index < -0.39 is 0 Å². The smallest absolute Gasteiger partial charge is 0.0377 e. The third kappa shape index (κ3) is 1.73. The van der Waals surface area contributed by atoms with Crippen molar-refractivity contribution in [1.82, 2.24) is 0 Å². The molecule has 0 aliphatic carbocycles. The Morgan fingerprint density at radius 3 is 2.86 bits per heavy atom. The molecule has 0 atom stereocenters. The Bertz CT molecular complexity index is 460. The SMILES string of the molecule is CCc1c(S)ccc2sc(CBr)cc12. The van der Waals surface area contributed by atoms with Crippen LogP contribution in [-0.2, 0) is 11.8 Å². The van der Waals surface area contributed by atoms with Crippen molar-refractivity contribution in [2.45, 2.75) is 23.6 Å². The van der Waals surface area contributed by atoms with Gasteiger partial charge in [-0.25, -0.2) is 0 Å². The van der Waals surface area contributed by atoms with Crippen LogP contribution in [0, 0.1) is 0 Å². The van der Waals surface area contributed by atoms with E-state index in [9.17, 15) is 0 Å². The molecule has 14 heavy (non-hydrogen) atoms. The molecule has 0 aliphatic heterocycles. The quantitative estimate of drug-likeness (QED) is 0.603. The standard InChI is InChI=1S/C11H11BrS2/c1-2-8-9-5-7(6-12)14-11(9)4-3-10(8)13/h3-5,13H,2,6H2,1H3. The number of aryl methyl sites for hydroxylation is 1. The van der Waals surface area contributed by atoms with Crippen molar-refractivity contribution < 1.29 is 0 Å². The summed E-state index contributed by atoms with van der Waals surface area (Å²) in [6, 6.07) is 6.53. The molecule has 0 fully saturated rings. The number of thiophene rings is 1. The fraction of sp³-hybridized carbons (Fsp3) is 0.273. The van der Waals surface area contributed by atoms with Gasteiger partial charge in [-0.3, -0.25) is 0 Å². The lowest BCUT2D eigenvalue weighted by atomic mass is 10.1. The molecule has 1 heterocycles. The highest BCUT2D eigenvalue weighted by Crippen LogP contribution is 2.32. The number of hydrogen-bond donors (Lipinski definition) is 1. The lowest BCUT2D eigenvalue weighted by molar-refractivity contribution is 1.11. The van der Waals surface area contributed by atoms with E-state index in [0.29, 0.717) is 0 Å². The van der Waals surface area contributed by atoms with Gasteiger partial charge in [0.2, 0.25) is 0 Å². The van der Waals surface area contributed by atoms with Gasteiger partial charge in [0.15, 0.2) is 0 Å². The van der Waals surface area contributed by atoms with Gasteiger partial charge < -0.3 is 0 Å². The first kappa shape index (κ1) is 10.5. The molecule has 0 nitrogen and oxygen atoms in total. The van der Waals surface area contributed by atoms with Gasteiger partial charge in [0, 0.05) is 19.8 Å². The van der Waals surface area contributed by atoms with Crippen molar-refractivity contribution in [2.75, 3.05) is 0 Å². The zero-order chi connectivity index (χ0) is 10.1. The molecule has 0 bridgehead atoms. The summed E-state index contributed by atoms with van der Waals surface area (Å²) in [7, 11) is 0. The maximum absolute atomic E-state index is 4.49. The summed E-state index contributed by atoms with van der Waals surface area (Å²) >= 11 is 9.83. The van der Waals surface area contributed by atoms with E-state index in [2.05, 4.69) is 53.7 Å². The van der Waals surface area contributed by atoms with Crippen LogP contribution in [0.15, 0.2) is 23.1 Å². The van der Waals surface area contributed by atoms with Gasteiger partial charge in [-0.15, -0.1) is 24.0 Å². The second-order valence-corrected chi connectivity index (χ2v) is 5.39. The van der Waals surface area contributed by atoms with Gasteiger partial charge in [0.25, 0.3) is 0 Å². The minimum atomic E-state index is 0.942. The molecule has 2 aromatic rings. The third-order valence-corrected chi connectivity index (χ3v) is 4.82. The largest absolute Gasteiger partial charge is 0.143 e. The first-order valence-electron chi connectivity index (χ1n) is 4.55. The minimum absolute atomic E-state index is 0.942. The van der Waals surface area contributed by atoms with E-state index in [1.54, 1.807) is 0 Å². The number of hydrogen-bond acceptors (Lipinski definition) is 2. The second kappa shape index (κ2) is 4.25. The molecule has 3 heteroatoms. The van der Waals surface area contributed by atoms with Gasteiger partial charge in [0.1, 0.15) is 0 Å². The first-order valence-corrected chi connectivity index (χ1v) is 6.94. The van der Waals surface area contributed by atoms with Crippen molar-refractivity contribution in [1.29, 1.82) is 0 Å². The zero-order valence-corrected chi connectivity index (χ0v) is 11.2. The number of alkyl halides is 1. The summed E-state index contributed by atoms with van der Waals surface area (Å²) in [6.07, 6.45) is 1.05. The van der Waals surface area contributed by atoms with Crippen LogP contribution in [-0.4, -0.2) is 0 Å². The van der Waals surface area contributed by atoms with Crippen LogP contribution in [0.4, 0.5) is 0 Å². The predicted octanol–water partition coefficient (Wildman–Crippen LogP) is 4.65. The lowest BCUT2D eigenvalue weighted by Crippen LogP contribution is -1.82. The molecule has 0 unspecified atom stereocenters. The molecule has 0 spiro atoms. The zero-order valence-electron chi connectivity index (χ0n) is 7.88. The average Bonchev–Trinajstić information content (AvgIpc) is 2.60. The Labute approximate surface area is 102 Å². The van der Waals surface area contributed by atoms with Crippen LogP contribution < -0.4 is 0 Å².